The molecule has 2 saturated heterocycles. The topological polar surface area (TPSA) is 261 Å². The molecule has 0 spiro atoms. The fourth-order valence-electron chi connectivity index (χ4n) is 14.4. The van der Waals surface area contributed by atoms with Crippen LogP contribution >= 0.6 is 34.0 Å². The van der Waals surface area contributed by atoms with Crippen LogP contribution in [-0.4, -0.2) is 132 Å². The van der Waals surface area contributed by atoms with Crippen molar-refractivity contribution in [3.05, 3.63) is 258 Å². The Morgan fingerprint density at radius 2 is 0.852 bits per heavy atom. The van der Waals surface area contributed by atoms with Crippen LogP contribution in [0.3, 0.4) is 0 Å². The van der Waals surface area contributed by atoms with E-state index in [9.17, 15) is 34.5 Å². The first kappa shape index (κ1) is 74.5. The molecule has 2 fully saturated rings. The van der Waals surface area contributed by atoms with Gasteiger partial charge < -0.3 is 48.5 Å². The van der Waals surface area contributed by atoms with Crippen molar-refractivity contribution in [1.82, 2.24) is 20.4 Å². The minimum atomic E-state index is -1.09. The Kier molecular flexibility index (Phi) is 20.7. The summed E-state index contributed by atoms with van der Waals surface area (Å²) in [4.78, 5) is 60.2. The smallest absolute Gasteiger partial charge is 0.294 e. The highest BCUT2D eigenvalue weighted by atomic mass is 32.1. The number of aliphatic hydroxyl groups excluding tert-OH is 3. The summed E-state index contributed by atoms with van der Waals surface area (Å²) < 4.78 is 40.7. The van der Waals surface area contributed by atoms with Crippen LogP contribution in [0.2, 0.25) is 0 Å². The van der Waals surface area contributed by atoms with E-state index >= 15 is 0 Å². The molecular weight excluding hydrogens is 1430 g/mol. The number of aliphatic hydroxyl groups is 3. The Bertz CT molecular complexity index is 5100. The molecule has 556 valence electrons. The lowest BCUT2D eigenvalue weighted by Gasteiger charge is -2.41. The maximum absolute atomic E-state index is 14.1. The van der Waals surface area contributed by atoms with Crippen LogP contribution in [0.1, 0.15) is 127 Å². The fourth-order valence-corrected chi connectivity index (χ4v) is 16.4. The third kappa shape index (κ3) is 13.7. The van der Waals surface area contributed by atoms with Crippen molar-refractivity contribution in [2.75, 3.05) is 75.7 Å². The lowest BCUT2D eigenvalue weighted by molar-refractivity contribution is -0.276. The van der Waals surface area contributed by atoms with Gasteiger partial charge in [0.05, 0.1) is 112 Å². The molecule has 21 nitrogen and oxygen atoms in total. The van der Waals surface area contributed by atoms with Crippen LogP contribution in [0.15, 0.2) is 207 Å². The van der Waals surface area contributed by atoms with Crippen LogP contribution in [0, 0.1) is 5.41 Å². The van der Waals surface area contributed by atoms with Gasteiger partial charge in [-0.15, -0.1) is 0 Å². The molecule has 5 aromatic heterocycles. The Morgan fingerprint density at radius 1 is 0.491 bits per heavy atom. The Labute approximate surface area is 637 Å². The number of hydrogen-bond acceptors (Lipinski definition) is 19. The van der Waals surface area contributed by atoms with Crippen LogP contribution in [0.25, 0.3) is 33.4 Å². The van der Waals surface area contributed by atoms with Gasteiger partial charge in [-0.25, -0.2) is 0 Å². The lowest BCUT2D eigenvalue weighted by atomic mass is 9.79. The predicted octanol–water partition coefficient (Wildman–Crippen LogP) is 15.8. The number of carbonyl (C=O) groups excluding carboxylic acids is 4. The van der Waals surface area contributed by atoms with Crippen molar-refractivity contribution in [3.63, 3.8) is 0 Å². The lowest BCUT2D eigenvalue weighted by Crippen LogP contribution is -2.50. The average molecular weight is 1510 g/mol. The number of amides is 3. The number of anilines is 3. The first-order chi connectivity index (χ1) is 52.0. The second-order valence-corrected chi connectivity index (χ2v) is 31.2. The Balaban J connectivity index is 0.000000136. The molecule has 0 radical (unpaired) electrons. The number of hydrogen-bond donors (Lipinski definition) is 5. The summed E-state index contributed by atoms with van der Waals surface area (Å²) in [5.41, 5.74) is 11.9. The Morgan fingerprint density at radius 3 is 1.24 bits per heavy atom. The molecule has 16 rings (SSSR count). The molecule has 5 aliphatic rings. The van der Waals surface area contributed by atoms with Crippen molar-refractivity contribution in [1.29, 1.82) is 0 Å². The molecule has 0 bridgehead atoms. The largest absolute Gasteiger partial charge is 0.503 e. The predicted molar refractivity (Wildman–Crippen MR) is 417 cm³/mol. The van der Waals surface area contributed by atoms with Crippen molar-refractivity contribution >= 4 is 74.6 Å². The second-order valence-electron chi connectivity index (χ2n) is 28.9. The molecule has 5 aliphatic heterocycles. The highest BCUT2D eigenvalue weighted by Crippen LogP contribution is 2.52. The zero-order valence-electron chi connectivity index (χ0n) is 61.3. The van der Waals surface area contributed by atoms with Crippen molar-refractivity contribution in [2.45, 2.75) is 89.0 Å². The maximum atomic E-state index is 14.1. The third-order valence-corrected chi connectivity index (χ3v) is 22.7. The molecule has 24 heteroatoms. The van der Waals surface area contributed by atoms with Crippen LogP contribution in [0.5, 0.6) is 17.2 Å². The van der Waals surface area contributed by atoms with Crippen molar-refractivity contribution < 1.29 is 67.7 Å². The number of ketones is 1. The number of nitrogens with one attached hydrogen (secondary N) is 2. The van der Waals surface area contributed by atoms with Crippen LogP contribution in [0.4, 0.5) is 17.1 Å². The molecule has 0 saturated carbocycles. The molecule has 11 aromatic rings. The summed E-state index contributed by atoms with van der Waals surface area (Å²) in [6.45, 7) is 13.4. The molecule has 10 heterocycles. The van der Waals surface area contributed by atoms with E-state index in [0.717, 1.165) is 67.1 Å². The monoisotopic (exact) mass is 1510 g/mol. The number of thiophene rings is 3. The number of nitrogens with zero attached hydrogens (tertiary/aromatic N) is 5. The molecule has 6 aromatic carbocycles. The van der Waals surface area contributed by atoms with E-state index in [-0.39, 0.29) is 49.5 Å². The third-order valence-electron chi connectivity index (χ3n) is 20.7. The highest BCUT2D eigenvalue weighted by Gasteiger charge is 2.54. The molecular formula is C84H83N7O14S3. The Hall–Kier alpha value is -10.4. The van der Waals surface area contributed by atoms with E-state index in [0.29, 0.717) is 58.7 Å². The normalized spacial score (nSPS) is 18.9. The maximum Gasteiger partial charge on any atom is 0.294 e. The summed E-state index contributed by atoms with van der Waals surface area (Å²) in [5, 5.41) is 58.6. The number of ether oxygens (including phenoxy) is 7. The molecule has 3 amide bonds. The number of aromatic nitrogens is 4. The molecule has 3 unspecified atom stereocenters. The molecule has 108 heavy (non-hydrogen) atoms. The minimum absolute atomic E-state index is 0.00539. The zero-order valence-corrected chi connectivity index (χ0v) is 63.8. The van der Waals surface area contributed by atoms with Crippen LogP contribution < -0.4 is 28.9 Å². The van der Waals surface area contributed by atoms with Gasteiger partial charge in [0.25, 0.3) is 17.7 Å². The number of Topliss-reactive ketones (excluding diaryl/α,β-unsaturated/α-hetero) is 1. The standard InChI is InChI=1S/C29H29N3O4S.C29H29NO6S.C26H25N3O4S/c1-28(2)35-16-29(3,17-36-28)26-23-24(30-31-26)27(33)32(25(23)21-7-5-6-8-22(21)34-4)20-11-9-18(10-12-20)19-13-14-37-15-19;1-28(2)35-16-29(3,17-36-28)26(32)23-24(21-7-5-6-8-22(21)34-4)30(27(33)25(23)31)20-11-9-18(10-12-20)19-13-14-37-15-19;1-26(14-30,15-31)24-21-22(27-28-24)25(32)29(23(21)19-5-3-4-6-20(19)33-2)18-9-7-16(8-10-18)17-11-12-34-13-17/h5-15,25H,16-17H2,1-4H3,(H,30,31);5-15,24,31H,16-17H2,1-4H3;3-13,23,30-31H,14-15H2,1-2H3,(H,27,28). The summed E-state index contributed by atoms with van der Waals surface area (Å²) in [5.74, 6) is -1.66. The number of H-pyrrole nitrogens is 2. The van der Waals surface area contributed by atoms with Gasteiger partial charge in [0.15, 0.2) is 34.5 Å². The summed E-state index contributed by atoms with van der Waals surface area (Å²) >= 11 is 4.91. The highest BCUT2D eigenvalue weighted by molar-refractivity contribution is 7.08. The van der Waals surface area contributed by atoms with Crippen molar-refractivity contribution in [3.8, 4) is 50.6 Å². The number of aromatic amines is 2. The van der Waals surface area contributed by atoms with Gasteiger partial charge in [-0.1, -0.05) is 91.0 Å². The summed E-state index contributed by atoms with van der Waals surface area (Å²) in [6, 6.07) is 50.4. The van der Waals surface area contributed by atoms with E-state index in [1.54, 1.807) is 93.0 Å². The van der Waals surface area contributed by atoms with Crippen molar-refractivity contribution in [2.24, 2.45) is 5.41 Å². The van der Waals surface area contributed by atoms with E-state index in [2.05, 4.69) is 67.7 Å². The van der Waals surface area contributed by atoms with E-state index in [1.165, 1.54) is 12.0 Å². The number of carbonyl (C=O) groups is 4. The van der Waals surface area contributed by atoms with E-state index in [1.807, 2.05) is 162 Å². The second kappa shape index (κ2) is 30.0. The van der Waals surface area contributed by atoms with Gasteiger partial charge in [-0.2, -0.15) is 44.2 Å². The number of methoxy groups -OCH3 is 3. The minimum Gasteiger partial charge on any atom is -0.503 e. The quantitative estimate of drug-likeness (QED) is 0.0535. The number of rotatable bonds is 18. The van der Waals surface area contributed by atoms with Gasteiger partial charge >= 0.3 is 0 Å². The zero-order chi connectivity index (χ0) is 76.0. The molecule has 3 atom stereocenters. The van der Waals surface area contributed by atoms with Crippen LogP contribution in [-0.2, 0) is 39.4 Å². The van der Waals surface area contributed by atoms with E-state index in [4.69, 9.17) is 33.2 Å². The number of para-hydroxylation sites is 3. The van der Waals surface area contributed by atoms with Gasteiger partial charge in [-0.3, -0.25) is 44.1 Å². The summed E-state index contributed by atoms with van der Waals surface area (Å²) in [6.07, 6.45) is 0. The number of benzene rings is 6. The fraction of sp³-hybridized carbons (Fsp3) is 0.286. The first-order valence-electron chi connectivity index (χ1n) is 35.2. The van der Waals surface area contributed by atoms with E-state index < -0.39 is 63.4 Å². The first-order valence-corrected chi connectivity index (χ1v) is 38.0. The van der Waals surface area contributed by atoms with Gasteiger partial charge in [-0.05, 0) is 187 Å². The molecule has 0 aliphatic carbocycles. The van der Waals surface area contributed by atoms with Gasteiger partial charge in [0, 0.05) is 44.9 Å². The number of fused-ring (bicyclic) bond motifs is 2. The van der Waals surface area contributed by atoms with Gasteiger partial charge in [0.1, 0.15) is 17.2 Å². The SMILES string of the molecule is COc1ccccc1C1C(C(=O)C2(C)COC(C)(C)OC2)=C(O)C(=O)N1c1ccc(-c2ccsc2)cc1.COc1ccccc1C1c2c(n[nH]c2C(C)(CO)CO)C(=O)N1c1ccc(-c2ccsc2)cc1.COc1ccccc1C1c2c(n[nH]c2C2(C)COC(C)(C)OC2)C(=O)N1c1ccc(-c2ccsc2)cc1. The molecule has 5 N–H and O–H groups in total. The van der Waals surface area contributed by atoms with Gasteiger partial charge in [0.2, 0.25) is 0 Å². The average Bonchev–Trinajstić information content (AvgIpc) is 1.57. The summed E-state index contributed by atoms with van der Waals surface area (Å²) in [7, 11) is 4.78.